The number of hydrogen-bond acceptors (Lipinski definition) is 1. The number of aromatic hydroxyl groups is 1. The van der Waals surface area contributed by atoms with E-state index in [9.17, 15) is 5.11 Å². The summed E-state index contributed by atoms with van der Waals surface area (Å²) in [7, 11) is 0. The van der Waals surface area contributed by atoms with Crippen molar-refractivity contribution in [2.24, 2.45) is 0 Å². The second-order valence-corrected chi connectivity index (χ2v) is 7.12. The second kappa shape index (κ2) is 6.41. The van der Waals surface area contributed by atoms with Crippen LogP contribution in [0.1, 0.15) is 11.1 Å². The molecule has 0 amide bonds. The van der Waals surface area contributed by atoms with Crippen molar-refractivity contribution >= 4 is 26.8 Å². The van der Waals surface area contributed by atoms with Gasteiger partial charge in [-0.1, -0.05) is 70.5 Å². The van der Waals surface area contributed by atoms with Gasteiger partial charge in [-0.3, -0.25) is 0 Å². The maximum Gasteiger partial charge on any atom is 0.149 e. The lowest BCUT2D eigenvalue weighted by atomic mass is 10.1. The zero-order valence-corrected chi connectivity index (χ0v) is 15.5. The van der Waals surface area contributed by atoms with Gasteiger partial charge in [-0.05, 0) is 36.2 Å². The number of aryl methyl sites for hydroxylation is 1. The van der Waals surface area contributed by atoms with E-state index < -0.39 is 0 Å². The highest BCUT2D eigenvalue weighted by Gasteiger charge is 2.18. The molecule has 0 aliphatic heterocycles. The van der Waals surface area contributed by atoms with Crippen molar-refractivity contribution in [3.63, 3.8) is 0 Å². The van der Waals surface area contributed by atoms with E-state index in [1.807, 2.05) is 48.5 Å². The number of aromatic nitrogens is 1. The molecule has 4 rings (SSSR count). The predicted molar refractivity (Wildman–Crippen MR) is 107 cm³/mol. The van der Waals surface area contributed by atoms with Crippen LogP contribution in [0.3, 0.4) is 0 Å². The number of halogens is 1. The summed E-state index contributed by atoms with van der Waals surface area (Å²) >= 11 is 3.68. The minimum atomic E-state index is 0.338. The van der Waals surface area contributed by atoms with Gasteiger partial charge in [-0.25, -0.2) is 0 Å². The Morgan fingerprint density at radius 2 is 1.64 bits per heavy atom. The molecule has 25 heavy (non-hydrogen) atoms. The van der Waals surface area contributed by atoms with Crippen LogP contribution in [0, 0.1) is 6.92 Å². The van der Waals surface area contributed by atoms with Crippen molar-refractivity contribution < 1.29 is 5.11 Å². The van der Waals surface area contributed by atoms with Crippen molar-refractivity contribution in [3.8, 4) is 17.0 Å². The summed E-state index contributed by atoms with van der Waals surface area (Å²) in [5.41, 5.74) is 5.31. The fourth-order valence-electron chi connectivity index (χ4n) is 3.29. The maximum atomic E-state index is 10.9. The molecule has 124 valence electrons. The highest BCUT2D eigenvalue weighted by atomic mass is 79.9. The summed E-state index contributed by atoms with van der Waals surface area (Å²) in [4.78, 5) is 0. The monoisotopic (exact) mass is 391 g/mol. The van der Waals surface area contributed by atoms with Crippen LogP contribution in [-0.4, -0.2) is 9.67 Å². The van der Waals surface area contributed by atoms with Gasteiger partial charge < -0.3 is 9.67 Å². The minimum absolute atomic E-state index is 0.338. The summed E-state index contributed by atoms with van der Waals surface area (Å²) < 4.78 is 3.28. The molecular formula is C22H18BrNO. The lowest BCUT2D eigenvalue weighted by Gasteiger charge is -2.13. The largest absolute Gasteiger partial charge is 0.505 e. The van der Waals surface area contributed by atoms with Crippen LogP contribution in [0.15, 0.2) is 77.3 Å². The molecule has 4 aromatic rings. The van der Waals surface area contributed by atoms with Crippen LogP contribution in [-0.2, 0) is 6.54 Å². The molecule has 0 unspecified atom stereocenters. The Hall–Kier alpha value is -2.52. The molecule has 1 aromatic heterocycles. The van der Waals surface area contributed by atoms with Gasteiger partial charge in [0.15, 0.2) is 0 Å². The fourth-order valence-corrected chi connectivity index (χ4v) is 3.91. The molecule has 1 heterocycles. The molecule has 0 atom stereocenters. The number of para-hydroxylation sites is 1. The Labute approximate surface area is 155 Å². The Morgan fingerprint density at radius 3 is 2.40 bits per heavy atom. The third kappa shape index (κ3) is 2.85. The summed E-state index contributed by atoms with van der Waals surface area (Å²) in [5.74, 6) is 0.338. The fraction of sp³-hybridized carbons (Fsp3) is 0.0909. The number of rotatable bonds is 3. The molecule has 0 aliphatic rings. The van der Waals surface area contributed by atoms with Crippen molar-refractivity contribution in [1.82, 2.24) is 4.57 Å². The van der Waals surface area contributed by atoms with Gasteiger partial charge in [-0.2, -0.15) is 0 Å². The van der Waals surface area contributed by atoms with Gasteiger partial charge in [0, 0.05) is 22.0 Å². The van der Waals surface area contributed by atoms with Crippen molar-refractivity contribution in [2.75, 3.05) is 0 Å². The highest BCUT2D eigenvalue weighted by Crippen LogP contribution is 2.39. The SMILES string of the molecule is Cc1ccc(Cn2c(-c3ccccc3)c(O)c3ccccc32)c(Br)c1. The van der Waals surface area contributed by atoms with Crippen LogP contribution < -0.4 is 0 Å². The molecule has 0 bridgehead atoms. The van der Waals surface area contributed by atoms with Crippen molar-refractivity contribution in [1.29, 1.82) is 0 Å². The summed E-state index contributed by atoms with van der Waals surface area (Å²) in [6.07, 6.45) is 0. The normalized spacial score (nSPS) is 11.1. The first kappa shape index (κ1) is 16.0. The van der Waals surface area contributed by atoms with E-state index in [4.69, 9.17) is 0 Å². The van der Waals surface area contributed by atoms with E-state index in [1.165, 1.54) is 11.1 Å². The third-order valence-electron chi connectivity index (χ3n) is 4.53. The zero-order chi connectivity index (χ0) is 17.4. The average Bonchev–Trinajstić information content (AvgIpc) is 2.91. The van der Waals surface area contributed by atoms with Gasteiger partial charge in [0.2, 0.25) is 0 Å². The standard InChI is InChI=1S/C22H18BrNO/c1-15-11-12-17(19(23)13-15)14-24-20-10-6-5-9-18(20)22(25)21(24)16-7-3-2-4-8-16/h2-13,25H,14H2,1H3. The molecule has 3 aromatic carbocycles. The van der Waals surface area contributed by atoms with Crippen molar-refractivity contribution in [2.45, 2.75) is 13.5 Å². The number of nitrogens with zero attached hydrogens (tertiary/aromatic N) is 1. The van der Waals surface area contributed by atoms with Crippen LogP contribution in [0.2, 0.25) is 0 Å². The van der Waals surface area contributed by atoms with E-state index >= 15 is 0 Å². The Kier molecular flexibility index (Phi) is 4.10. The van der Waals surface area contributed by atoms with E-state index in [2.05, 4.69) is 51.7 Å². The number of fused-ring (bicyclic) bond motifs is 1. The first-order valence-corrected chi connectivity index (χ1v) is 9.05. The quantitative estimate of drug-likeness (QED) is 0.446. The minimum Gasteiger partial charge on any atom is -0.505 e. The first-order chi connectivity index (χ1) is 12.1. The van der Waals surface area contributed by atoms with Gasteiger partial charge in [-0.15, -0.1) is 0 Å². The molecule has 0 fully saturated rings. The predicted octanol–water partition coefficient (Wildman–Crippen LogP) is 6.13. The molecule has 0 radical (unpaired) electrons. The molecule has 2 nitrogen and oxygen atoms in total. The summed E-state index contributed by atoms with van der Waals surface area (Å²) in [6.45, 7) is 2.77. The molecule has 0 saturated heterocycles. The van der Waals surface area contributed by atoms with Gasteiger partial charge >= 0.3 is 0 Å². The highest BCUT2D eigenvalue weighted by molar-refractivity contribution is 9.10. The smallest absolute Gasteiger partial charge is 0.149 e. The topological polar surface area (TPSA) is 25.2 Å². The molecule has 0 spiro atoms. The Bertz CT molecular complexity index is 1050. The van der Waals surface area contributed by atoms with E-state index in [1.54, 1.807) is 0 Å². The number of benzene rings is 3. The molecule has 0 saturated carbocycles. The van der Waals surface area contributed by atoms with Crippen molar-refractivity contribution in [3.05, 3.63) is 88.4 Å². The van der Waals surface area contributed by atoms with Gasteiger partial charge in [0.25, 0.3) is 0 Å². The molecule has 1 N–H and O–H groups in total. The average molecular weight is 392 g/mol. The van der Waals surface area contributed by atoms with Gasteiger partial charge in [0.1, 0.15) is 5.75 Å². The van der Waals surface area contributed by atoms with E-state index in [0.29, 0.717) is 12.3 Å². The van der Waals surface area contributed by atoms with Crippen LogP contribution in [0.5, 0.6) is 5.75 Å². The first-order valence-electron chi connectivity index (χ1n) is 8.26. The maximum absolute atomic E-state index is 10.9. The lowest BCUT2D eigenvalue weighted by Crippen LogP contribution is -2.02. The van der Waals surface area contributed by atoms with E-state index in [-0.39, 0.29) is 0 Å². The van der Waals surface area contributed by atoms with Crippen LogP contribution in [0.4, 0.5) is 0 Å². The summed E-state index contributed by atoms with van der Waals surface area (Å²) in [6, 6.07) is 24.4. The van der Waals surface area contributed by atoms with Crippen LogP contribution >= 0.6 is 15.9 Å². The van der Waals surface area contributed by atoms with Gasteiger partial charge in [0.05, 0.1) is 11.2 Å². The molecule has 3 heteroatoms. The second-order valence-electron chi connectivity index (χ2n) is 6.26. The third-order valence-corrected chi connectivity index (χ3v) is 5.27. The molecule has 0 aliphatic carbocycles. The lowest BCUT2D eigenvalue weighted by molar-refractivity contribution is 0.481. The van der Waals surface area contributed by atoms with Crippen LogP contribution in [0.25, 0.3) is 22.2 Å². The van der Waals surface area contributed by atoms with E-state index in [0.717, 1.165) is 26.6 Å². The molecular weight excluding hydrogens is 374 g/mol. The number of hydrogen-bond donors (Lipinski definition) is 1. The Balaban J connectivity index is 1.95. The Morgan fingerprint density at radius 1 is 0.920 bits per heavy atom. The summed E-state index contributed by atoms with van der Waals surface area (Å²) in [5, 5.41) is 11.8. The zero-order valence-electron chi connectivity index (χ0n) is 13.9.